The van der Waals surface area contributed by atoms with Gasteiger partial charge in [0.15, 0.2) is 0 Å². The van der Waals surface area contributed by atoms with Gasteiger partial charge in [0.2, 0.25) is 11.8 Å². The minimum atomic E-state index is -0.856. The maximum Gasteiger partial charge on any atom is 0.227 e. The van der Waals surface area contributed by atoms with Gasteiger partial charge in [-0.05, 0) is 102 Å². The Morgan fingerprint density at radius 2 is 1.54 bits per heavy atom. The van der Waals surface area contributed by atoms with Crippen molar-refractivity contribution in [2.24, 2.45) is 11.5 Å². The summed E-state index contributed by atoms with van der Waals surface area (Å²) in [7, 11) is 8.24. The lowest BCUT2D eigenvalue weighted by molar-refractivity contribution is -0.130. The molecular formula is C28H52N6O2S. The fraction of sp³-hybridized carbons (Fsp3) is 0.714. The highest BCUT2D eigenvalue weighted by atomic mass is 32.1. The molecule has 0 aliphatic heterocycles. The average molecular weight is 537 g/mol. The third kappa shape index (κ3) is 14.8. The van der Waals surface area contributed by atoms with Crippen molar-refractivity contribution in [3.63, 3.8) is 0 Å². The van der Waals surface area contributed by atoms with Crippen LogP contribution in [0.1, 0.15) is 67.6 Å². The Hall–Kier alpha value is -1.65. The minimum Gasteiger partial charge on any atom is -0.342 e. The number of nitrogens with one attached hydrogen (secondary N) is 1. The first kappa shape index (κ1) is 33.4. The van der Waals surface area contributed by atoms with Crippen molar-refractivity contribution in [2.75, 3.05) is 60.1 Å². The van der Waals surface area contributed by atoms with E-state index >= 15 is 0 Å². The van der Waals surface area contributed by atoms with E-state index in [2.05, 4.69) is 81.1 Å². The van der Waals surface area contributed by atoms with Gasteiger partial charge in [-0.3, -0.25) is 21.1 Å². The molecule has 0 aromatic heterocycles. The molecule has 8 nitrogen and oxygen atoms in total. The highest BCUT2D eigenvalue weighted by Crippen LogP contribution is 2.28. The zero-order valence-electron chi connectivity index (χ0n) is 23.8. The third-order valence-electron chi connectivity index (χ3n) is 6.57. The predicted octanol–water partition coefficient (Wildman–Crippen LogP) is 2.55. The Morgan fingerprint density at radius 3 is 2.05 bits per heavy atom. The first-order valence-electron chi connectivity index (χ1n) is 13.6. The summed E-state index contributed by atoms with van der Waals surface area (Å²) in [5.41, 5.74) is 14.3. The van der Waals surface area contributed by atoms with Crippen LogP contribution < -0.4 is 16.8 Å². The molecule has 1 atom stereocenters. The average Bonchev–Trinajstić information content (AvgIpc) is 2.80. The van der Waals surface area contributed by atoms with E-state index in [0.717, 1.165) is 87.1 Å². The van der Waals surface area contributed by atoms with E-state index in [4.69, 9.17) is 11.5 Å². The van der Waals surface area contributed by atoms with Crippen LogP contribution in [0, 0.1) is 6.92 Å². The van der Waals surface area contributed by atoms with Crippen molar-refractivity contribution in [2.45, 2.75) is 70.5 Å². The van der Waals surface area contributed by atoms with Gasteiger partial charge >= 0.3 is 0 Å². The number of unbranched alkanes of at least 4 members (excludes halogenated alkanes) is 2. The van der Waals surface area contributed by atoms with E-state index in [-0.39, 0.29) is 17.7 Å². The van der Waals surface area contributed by atoms with Gasteiger partial charge in [0, 0.05) is 19.5 Å². The van der Waals surface area contributed by atoms with Crippen LogP contribution in [-0.4, -0.2) is 92.9 Å². The van der Waals surface area contributed by atoms with Gasteiger partial charge in [-0.1, -0.05) is 31.0 Å². The van der Waals surface area contributed by atoms with E-state index in [9.17, 15) is 9.59 Å². The number of carbonyl (C=O) groups is 2. The van der Waals surface area contributed by atoms with E-state index in [1.807, 2.05) is 4.90 Å². The SMILES string of the molecule is Cc1cc(C(CCCCCS)CC(=O)NC(N)N)ccc1CC(=O)N(CCCN(C)C)CCCN(C)C. The van der Waals surface area contributed by atoms with E-state index < -0.39 is 6.29 Å². The summed E-state index contributed by atoms with van der Waals surface area (Å²) < 4.78 is 0. The maximum atomic E-state index is 13.3. The van der Waals surface area contributed by atoms with Crippen molar-refractivity contribution in [1.82, 2.24) is 20.0 Å². The van der Waals surface area contributed by atoms with Gasteiger partial charge < -0.3 is 20.0 Å². The molecule has 0 radical (unpaired) electrons. The summed E-state index contributed by atoms with van der Waals surface area (Å²) in [5, 5.41) is 2.60. The summed E-state index contributed by atoms with van der Waals surface area (Å²) in [6, 6.07) is 6.29. The number of amides is 2. The molecular weight excluding hydrogens is 484 g/mol. The Morgan fingerprint density at radius 1 is 0.919 bits per heavy atom. The van der Waals surface area contributed by atoms with Crippen LogP contribution in [0.15, 0.2) is 18.2 Å². The van der Waals surface area contributed by atoms with E-state index in [1.165, 1.54) is 0 Å². The Balaban J connectivity index is 2.94. The van der Waals surface area contributed by atoms with Gasteiger partial charge in [-0.2, -0.15) is 12.6 Å². The highest BCUT2D eigenvalue weighted by Gasteiger charge is 2.19. The van der Waals surface area contributed by atoms with Crippen LogP contribution in [0.25, 0.3) is 0 Å². The van der Waals surface area contributed by atoms with Crippen LogP contribution in [-0.2, 0) is 16.0 Å². The highest BCUT2D eigenvalue weighted by molar-refractivity contribution is 7.80. The summed E-state index contributed by atoms with van der Waals surface area (Å²) in [4.78, 5) is 32.0. The van der Waals surface area contributed by atoms with Crippen LogP contribution in [0.3, 0.4) is 0 Å². The predicted molar refractivity (Wildman–Crippen MR) is 158 cm³/mol. The number of benzene rings is 1. The molecule has 1 unspecified atom stereocenters. The second-order valence-corrected chi connectivity index (χ2v) is 11.1. The lowest BCUT2D eigenvalue weighted by atomic mass is 9.87. The van der Waals surface area contributed by atoms with Crippen molar-refractivity contribution >= 4 is 24.4 Å². The van der Waals surface area contributed by atoms with Crippen molar-refractivity contribution in [3.05, 3.63) is 34.9 Å². The molecule has 0 bridgehead atoms. The summed E-state index contributed by atoms with van der Waals surface area (Å²) >= 11 is 4.30. The van der Waals surface area contributed by atoms with Crippen LogP contribution in [0.5, 0.6) is 0 Å². The number of thiol groups is 1. The molecule has 0 heterocycles. The molecule has 1 aromatic rings. The first-order chi connectivity index (χ1) is 17.5. The van der Waals surface area contributed by atoms with Crippen molar-refractivity contribution in [3.8, 4) is 0 Å². The minimum absolute atomic E-state index is 0.0793. The fourth-order valence-corrected chi connectivity index (χ4v) is 4.72. The molecule has 1 rings (SSSR count). The van der Waals surface area contributed by atoms with Gasteiger partial charge in [0.1, 0.15) is 6.29 Å². The van der Waals surface area contributed by atoms with Crippen LogP contribution >= 0.6 is 12.6 Å². The lowest BCUT2D eigenvalue weighted by Gasteiger charge is -2.25. The summed E-state index contributed by atoms with van der Waals surface area (Å²) in [5.74, 6) is 0.983. The standard InChI is InChI=1S/C28H52N6O2S/c1-22-19-25(24(11-7-6-8-18-37)20-26(35)31-28(29)30)13-12-23(22)21-27(36)34(16-9-14-32(2)3)17-10-15-33(4)5/h12-13,19,24,28,37H,6-11,14-18,20-21,29-30H2,1-5H3,(H,31,35). The van der Waals surface area contributed by atoms with Gasteiger partial charge in [-0.25, -0.2) is 0 Å². The molecule has 9 heteroatoms. The van der Waals surface area contributed by atoms with Crippen LogP contribution in [0.2, 0.25) is 0 Å². The number of rotatable bonds is 19. The third-order valence-corrected chi connectivity index (χ3v) is 6.89. The molecule has 37 heavy (non-hydrogen) atoms. The molecule has 0 saturated heterocycles. The quantitative estimate of drug-likeness (QED) is 0.123. The number of hydrogen-bond acceptors (Lipinski definition) is 7. The molecule has 5 N–H and O–H groups in total. The molecule has 212 valence electrons. The molecule has 0 aliphatic carbocycles. The first-order valence-corrected chi connectivity index (χ1v) is 14.2. The normalized spacial score (nSPS) is 12.4. The zero-order chi connectivity index (χ0) is 27.8. The maximum absolute atomic E-state index is 13.3. The lowest BCUT2D eigenvalue weighted by Crippen LogP contribution is -2.48. The van der Waals surface area contributed by atoms with Gasteiger partial charge in [-0.15, -0.1) is 0 Å². The van der Waals surface area contributed by atoms with E-state index in [0.29, 0.717) is 12.8 Å². The second kappa shape index (κ2) is 18.6. The van der Waals surface area contributed by atoms with Crippen molar-refractivity contribution < 1.29 is 9.59 Å². The zero-order valence-corrected chi connectivity index (χ0v) is 24.7. The number of hydrogen-bond donors (Lipinski definition) is 4. The second-order valence-electron chi connectivity index (χ2n) is 10.6. The molecule has 0 spiro atoms. The van der Waals surface area contributed by atoms with Crippen molar-refractivity contribution in [1.29, 1.82) is 0 Å². The molecule has 0 fully saturated rings. The number of nitrogens with zero attached hydrogens (tertiary/aromatic N) is 3. The summed E-state index contributed by atoms with van der Waals surface area (Å²) in [6.45, 7) is 5.53. The fourth-order valence-electron chi connectivity index (χ4n) is 4.50. The topological polar surface area (TPSA) is 108 Å². The molecule has 0 saturated carbocycles. The van der Waals surface area contributed by atoms with Gasteiger partial charge in [0.25, 0.3) is 0 Å². The van der Waals surface area contributed by atoms with Crippen LogP contribution in [0.4, 0.5) is 0 Å². The monoisotopic (exact) mass is 536 g/mol. The summed E-state index contributed by atoms with van der Waals surface area (Å²) in [6.07, 6.45) is 5.89. The molecule has 1 aromatic carbocycles. The number of carbonyl (C=O) groups excluding carboxylic acids is 2. The molecule has 2 amide bonds. The number of aryl methyl sites for hydroxylation is 1. The van der Waals surface area contributed by atoms with E-state index in [1.54, 1.807) is 0 Å². The Kier molecular flexibility index (Phi) is 16.8. The molecule has 0 aliphatic rings. The Bertz CT molecular complexity index is 789. The number of nitrogens with two attached hydrogens (primary N) is 2. The van der Waals surface area contributed by atoms with Gasteiger partial charge in [0.05, 0.1) is 6.42 Å². The Labute approximate surface area is 230 Å². The smallest absolute Gasteiger partial charge is 0.227 e. The largest absolute Gasteiger partial charge is 0.342 e.